The Labute approximate surface area is 222 Å². The van der Waals surface area contributed by atoms with E-state index in [0.29, 0.717) is 11.1 Å². The highest BCUT2D eigenvalue weighted by Crippen LogP contribution is 2.56. The van der Waals surface area contributed by atoms with Crippen molar-refractivity contribution in [1.29, 1.82) is 0 Å². The first-order valence-electron chi connectivity index (χ1n) is 12.2. The number of fused-ring (bicyclic) bond motifs is 3. The van der Waals surface area contributed by atoms with Crippen molar-refractivity contribution in [2.75, 3.05) is 14.1 Å². The fourth-order valence-electron chi connectivity index (χ4n) is 6.49. The van der Waals surface area contributed by atoms with Gasteiger partial charge in [0.05, 0.1) is 23.6 Å². The van der Waals surface area contributed by atoms with Gasteiger partial charge in [0.1, 0.15) is 28.7 Å². The number of aliphatic hydroxyl groups excluding tert-OH is 3. The number of halogens is 1. The number of hydrogen-bond donors (Lipinski definition) is 6. The lowest BCUT2D eigenvalue weighted by molar-refractivity contribution is -0.162. The summed E-state index contributed by atoms with van der Waals surface area (Å²) < 4.78 is 13.5. The molecule has 3 aliphatic rings. The van der Waals surface area contributed by atoms with Crippen LogP contribution in [0.25, 0.3) is 11.1 Å². The van der Waals surface area contributed by atoms with Crippen LogP contribution in [0.3, 0.4) is 0 Å². The summed E-state index contributed by atoms with van der Waals surface area (Å²) in [5.74, 6) is -10.0. The Kier molecular flexibility index (Phi) is 5.94. The third-order valence-corrected chi connectivity index (χ3v) is 8.29. The number of likely N-dealkylation sites (N-methyl/N-ethyl adjacent to an activating group) is 1. The number of benzene rings is 2. The number of amides is 1. The molecule has 0 saturated heterocycles. The molecule has 0 bridgehead atoms. The summed E-state index contributed by atoms with van der Waals surface area (Å²) in [6.45, 7) is 1.65. The van der Waals surface area contributed by atoms with Gasteiger partial charge in [0.2, 0.25) is 5.78 Å². The number of primary amides is 1. The first kappa shape index (κ1) is 26.5. The van der Waals surface area contributed by atoms with E-state index in [0.717, 1.165) is 0 Å². The number of nitrogens with two attached hydrogens (primary N) is 1. The quantitative estimate of drug-likeness (QED) is 0.315. The summed E-state index contributed by atoms with van der Waals surface area (Å²) >= 11 is 0. The number of hydrogen-bond acceptors (Lipinski definition) is 9. The minimum atomic E-state index is -2.98. The van der Waals surface area contributed by atoms with E-state index in [-0.39, 0.29) is 11.1 Å². The third kappa shape index (κ3) is 3.40. The number of phenols is 1. The Morgan fingerprint density at radius 1 is 1.05 bits per heavy atom. The van der Waals surface area contributed by atoms with Crippen LogP contribution in [0, 0.1) is 17.7 Å². The molecule has 2 aromatic rings. The summed E-state index contributed by atoms with van der Waals surface area (Å²) in [5, 5.41) is 56.8. The van der Waals surface area contributed by atoms with Crippen LogP contribution in [0.2, 0.25) is 0 Å². The van der Waals surface area contributed by atoms with Gasteiger partial charge >= 0.3 is 0 Å². The van der Waals surface area contributed by atoms with Crippen molar-refractivity contribution in [2.24, 2.45) is 17.6 Å². The average Bonchev–Trinajstić information content (AvgIpc) is 2.86. The minimum absolute atomic E-state index is 0.200. The van der Waals surface area contributed by atoms with E-state index in [2.05, 4.69) is 0 Å². The molecule has 0 fully saturated rings. The van der Waals surface area contributed by atoms with Gasteiger partial charge in [-0.25, -0.2) is 4.39 Å². The maximum Gasteiger partial charge on any atom is 0.255 e. The molecule has 11 heteroatoms. The van der Waals surface area contributed by atoms with E-state index in [1.54, 1.807) is 19.1 Å². The molecule has 0 saturated carbocycles. The van der Waals surface area contributed by atoms with Crippen LogP contribution in [0.5, 0.6) is 5.75 Å². The van der Waals surface area contributed by atoms with Crippen molar-refractivity contribution < 1.29 is 44.3 Å². The van der Waals surface area contributed by atoms with Crippen LogP contribution in [-0.4, -0.2) is 79.7 Å². The summed E-state index contributed by atoms with van der Waals surface area (Å²) in [5.41, 5.74) is 1.63. The Morgan fingerprint density at radius 2 is 1.67 bits per heavy atom. The van der Waals surface area contributed by atoms with E-state index < -0.39 is 87.2 Å². The topological polar surface area (TPSA) is 182 Å². The number of carbonyl (C=O) groups is 3. The second-order valence-corrected chi connectivity index (χ2v) is 10.5. The van der Waals surface area contributed by atoms with Crippen molar-refractivity contribution >= 4 is 17.5 Å². The van der Waals surface area contributed by atoms with Gasteiger partial charge in [-0.05, 0) is 43.3 Å². The molecule has 10 nitrogen and oxygen atoms in total. The highest BCUT2D eigenvalue weighted by molar-refractivity contribution is 6.25. The van der Waals surface area contributed by atoms with E-state index in [4.69, 9.17) is 5.73 Å². The Balaban J connectivity index is 1.76. The normalized spacial score (nSPS) is 30.3. The molecule has 0 aliphatic heterocycles. The van der Waals surface area contributed by atoms with Crippen LogP contribution in [0.4, 0.5) is 4.39 Å². The fourth-order valence-corrected chi connectivity index (χ4v) is 6.49. The van der Waals surface area contributed by atoms with Crippen LogP contribution in [-0.2, 0) is 9.59 Å². The SMILES string of the molecule is CC1c2ccc(-c3ccc(F)cc3)c(O)c2C(=O)C2=C(O)C3(O)C(=O)C(C(N)=O)=C(O)C(N(C)C)C3C(O)C21. The van der Waals surface area contributed by atoms with Gasteiger partial charge in [0.25, 0.3) is 5.91 Å². The lowest BCUT2D eigenvalue weighted by atomic mass is 9.55. The molecule has 0 radical (unpaired) electrons. The van der Waals surface area contributed by atoms with Gasteiger partial charge in [-0.2, -0.15) is 0 Å². The summed E-state index contributed by atoms with van der Waals surface area (Å²) in [7, 11) is 2.94. The molecule has 6 atom stereocenters. The minimum Gasteiger partial charge on any atom is -0.510 e. The Bertz CT molecular complexity index is 1510. The molecular formula is C28H27FN2O8. The van der Waals surface area contributed by atoms with Crippen LogP contribution in [0.15, 0.2) is 59.1 Å². The van der Waals surface area contributed by atoms with Crippen molar-refractivity contribution in [3.63, 3.8) is 0 Å². The zero-order valence-corrected chi connectivity index (χ0v) is 21.2. The van der Waals surface area contributed by atoms with E-state index in [9.17, 15) is 44.3 Å². The number of ketones is 2. The molecule has 204 valence electrons. The molecule has 6 unspecified atom stereocenters. The molecule has 0 spiro atoms. The molecule has 5 rings (SSSR count). The Morgan fingerprint density at radius 3 is 2.23 bits per heavy atom. The predicted molar refractivity (Wildman–Crippen MR) is 135 cm³/mol. The highest BCUT2D eigenvalue weighted by atomic mass is 19.1. The van der Waals surface area contributed by atoms with E-state index in [1.165, 1.54) is 43.3 Å². The highest BCUT2D eigenvalue weighted by Gasteiger charge is 2.67. The lowest BCUT2D eigenvalue weighted by Crippen LogP contribution is -2.68. The van der Waals surface area contributed by atoms with Crippen molar-refractivity contribution in [3.8, 4) is 16.9 Å². The Hall–Kier alpha value is -4.06. The van der Waals surface area contributed by atoms with E-state index >= 15 is 0 Å². The molecule has 0 heterocycles. The number of rotatable bonds is 3. The summed E-state index contributed by atoms with van der Waals surface area (Å²) in [6, 6.07) is 7.00. The molecule has 7 N–H and O–H groups in total. The summed E-state index contributed by atoms with van der Waals surface area (Å²) in [4.78, 5) is 40.8. The number of aliphatic hydroxyl groups is 4. The first-order chi connectivity index (χ1) is 18.2. The van der Waals surface area contributed by atoms with Gasteiger partial charge in [0, 0.05) is 17.1 Å². The third-order valence-electron chi connectivity index (χ3n) is 8.29. The number of nitrogens with zero attached hydrogens (tertiary/aromatic N) is 1. The second kappa shape index (κ2) is 8.73. The number of carbonyl (C=O) groups excluding carboxylic acids is 3. The molecule has 39 heavy (non-hydrogen) atoms. The van der Waals surface area contributed by atoms with Gasteiger partial charge in [0.15, 0.2) is 11.4 Å². The van der Waals surface area contributed by atoms with Crippen LogP contribution < -0.4 is 5.73 Å². The number of phenolic OH excluding ortho intramolecular Hbond substituents is 1. The number of Topliss-reactive ketones (excluding diaryl/α,β-unsaturated/α-hetero) is 2. The number of aromatic hydroxyl groups is 1. The molecule has 0 aromatic heterocycles. The van der Waals surface area contributed by atoms with Gasteiger partial charge in [-0.15, -0.1) is 0 Å². The first-order valence-corrected chi connectivity index (χ1v) is 12.2. The summed E-state index contributed by atoms with van der Waals surface area (Å²) in [6.07, 6.45) is -1.67. The monoisotopic (exact) mass is 538 g/mol. The van der Waals surface area contributed by atoms with Crippen molar-refractivity contribution in [2.45, 2.75) is 30.6 Å². The zero-order valence-electron chi connectivity index (χ0n) is 21.2. The van der Waals surface area contributed by atoms with Gasteiger partial charge < -0.3 is 31.3 Å². The molecular weight excluding hydrogens is 511 g/mol. The van der Waals surface area contributed by atoms with Crippen LogP contribution in [0.1, 0.15) is 28.8 Å². The molecule has 2 aromatic carbocycles. The predicted octanol–water partition coefficient (Wildman–Crippen LogP) is 1.46. The smallest absolute Gasteiger partial charge is 0.255 e. The van der Waals surface area contributed by atoms with Gasteiger partial charge in [-0.1, -0.05) is 31.2 Å². The fraction of sp³-hybridized carbons (Fsp3) is 0.321. The van der Waals surface area contributed by atoms with Crippen molar-refractivity contribution in [3.05, 3.63) is 76.0 Å². The molecule has 3 aliphatic carbocycles. The lowest BCUT2D eigenvalue weighted by Gasteiger charge is -2.53. The van der Waals surface area contributed by atoms with E-state index in [1.807, 2.05) is 0 Å². The van der Waals surface area contributed by atoms with Crippen molar-refractivity contribution in [1.82, 2.24) is 4.90 Å². The largest absolute Gasteiger partial charge is 0.510 e. The standard InChI is InChI=1S/C28H27FN2O8/c1-10-13-8-9-14(11-4-6-12(29)7-5-11)21(32)16(13)22(33)17-15(10)23(34)19-20(31(2)3)24(35)18(27(30)38)26(37)28(19,39)25(17)36/h4-10,15,19-20,23,32,34-36,39H,1-3H3,(H2,30,38). The van der Waals surface area contributed by atoms with Crippen LogP contribution >= 0.6 is 0 Å². The maximum atomic E-state index is 13.9. The molecule has 1 amide bonds. The maximum absolute atomic E-state index is 13.9. The zero-order chi connectivity index (χ0) is 28.7. The second-order valence-electron chi connectivity index (χ2n) is 10.5. The average molecular weight is 539 g/mol. The van der Waals surface area contributed by atoms with Gasteiger partial charge in [-0.3, -0.25) is 19.3 Å².